The van der Waals surface area contributed by atoms with Crippen molar-refractivity contribution in [2.45, 2.75) is 12.8 Å². The number of aromatic nitrogens is 1. The molecule has 2 aromatic rings. The first kappa shape index (κ1) is 20.3. The van der Waals surface area contributed by atoms with Gasteiger partial charge in [-0.2, -0.15) is 0 Å². The summed E-state index contributed by atoms with van der Waals surface area (Å²) in [5.74, 6) is -0.393. The van der Waals surface area contributed by atoms with E-state index in [1.54, 1.807) is 35.4 Å². The van der Waals surface area contributed by atoms with Crippen molar-refractivity contribution in [1.29, 1.82) is 0 Å². The number of halogens is 1. The molecule has 1 N–H and O–H groups in total. The number of anilines is 1. The van der Waals surface area contributed by atoms with Crippen LogP contribution in [0.15, 0.2) is 53.6 Å². The molecule has 154 valence electrons. The van der Waals surface area contributed by atoms with Crippen LogP contribution in [-0.4, -0.2) is 52.1 Å². The van der Waals surface area contributed by atoms with Gasteiger partial charge in [-0.05, 0) is 47.0 Å². The number of nitrogens with one attached hydrogen (secondary N) is 1. The van der Waals surface area contributed by atoms with Crippen molar-refractivity contribution in [2.24, 2.45) is 5.92 Å². The van der Waals surface area contributed by atoms with Gasteiger partial charge >= 0.3 is 0 Å². The van der Waals surface area contributed by atoms with E-state index in [1.165, 1.54) is 4.90 Å². The van der Waals surface area contributed by atoms with E-state index in [0.29, 0.717) is 36.6 Å². The van der Waals surface area contributed by atoms with E-state index in [1.807, 2.05) is 12.1 Å². The number of benzene rings is 1. The zero-order chi connectivity index (χ0) is 21.3. The van der Waals surface area contributed by atoms with Crippen LogP contribution in [0, 0.1) is 5.92 Å². The van der Waals surface area contributed by atoms with Gasteiger partial charge in [0.1, 0.15) is 12.4 Å². The second-order valence-electron chi connectivity index (χ2n) is 7.41. The second kappa shape index (κ2) is 8.39. The molecule has 1 aromatic heterocycles. The Balaban J connectivity index is 1.38. The zero-order valence-corrected chi connectivity index (χ0v) is 17.9. The maximum atomic E-state index is 12.9. The maximum Gasteiger partial charge on any atom is 0.259 e. The van der Waals surface area contributed by atoms with E-state index in [4.69, 9.17) is 0 Å². The number of likely N-dealkylation sites (tertiary alicyclic amines) is 1. The van der Waals surface area contributed by atoms with Crippen molar-refractivity contribution in [3.05, 3.63) is 64.8 Å². The van der Waals surface area contributed by atoms with Gasteiger partial charge in [-0.1, -0.05) is 24.8 Å². The van der Waals surface area contributed by atoms with Gasteiger partial charge < -0.3 is 10.2 Å². The Bertz CT molecular complexity index is 986. The Morgan fingerprint density at radius 3 is 2.67 bits per heavy atom. The van der Waals surface area contributed by atoms with Crippen LogP contribution in [0.25, 0.3) is 5.70 Å². The molecule has 0 radical (unpaired) electrons. The molecule has 3 heterocycles. The summed E-state index contributed by atoms with van der Waals surface area (Å²) in [5, 5.41) is 2.81. The van der Waals surface area contributed by atoms with Crippen LogP contribution in [-0.2, 0) is 9.59 Å². The van der Waals surface area contributed by atoms with Gasteiger partial charge in [-0.25, -0.2) is 4.98 Å². The zero-order valence-electron chi connectivity index (χ0n) is 16.3. The highest BCUT2D eigenvalue weighted by Gasteiger charge is 2.35. The highest BCUT2D eigenvalue weighted by atomic mass is 79.9. The molecule has 4 rings (SSSR count). The second-order valence-corrected chi connectivity index (χ2v) is 8.33. The lowest BCUT2D eigenvalue weighted by atomic mass is 9.97. The van der Waals surface area contributed by atoms with Crippen molar-refractivity contribution < 1.29 is 14.4 Å². The van der Waals surface area contributed by atoms with Gasteiger partial charge in [0.2, 0.25) is 11.8 Å². The predicted molar refractivity (Wildman–Crippen MR) is 116 cm³/mol. The highest BCUT2D eigenvalue weighted by molar-refractivity contribution is 9.10. The number of hydrogen-bond acceptors (Lipinski definition) is 4. The highest BCUT2D eigenvalue weighted by Crippen LogP contribution is 2.31. The maximum absolute atomic E-state index is 12.9. The molecule has 0 aliphatic carbocycles. The molecule has 1 fully saturated rings. The summed E-state index contributed by atoms with van der Waals surface area (Å²) < 4.78 is 0.829. The third kappa shape index (κ3) is 4.00. The first-order valence-corrected chi connectivity index (χ1v) is 10.5. The van der Waals surface area contributed by atoms with Gasteiger partial charge in [0.25, 0.3) is 5.91 Å². The molecule has 1 aromatic carbocycles. The standard InChI is InChI=1S/C22H21BrN4O3/c1-14-17-6-2-3-7-18(17)22(30)27(14)13-20(28)26-10-4-5-15(12-26)21(29)25-19-9-8-16(23)11-24-19/h2-3,6-9,11,15H,1,4-5,10,12-13H2,(H,24,25,29). The van der Waals surface area contributed by atoms with Gasteiger partial charge in [-0.3, -0.25) is 19.3 Å². The van der Waals surface area contributed by atoms with Crippen molar-refractivity contribution in [2.75, 3.05) is 25.0 Å². The first-order valence-electron chi connectivity index (χ1n) is 9.74. The number of carbonyl (C=O) groups is 3. The number of amides is 3. The lowest BCUT2D eigenvalue weighted by Crippen LogP contribution is -2.47. The number of fused-ring (bicyclic) bond motifs is 1. The Morgan fingerprint density at radius 1 is 1.20 bits per heavy atom. The molecule has 30 heavy (non-hydrogen) atoms. The van der Waals surface area contributed by atoms with E-state index >= 15 is 0 Å². The molecule has 1 atom stereocenters. The molecule has 0 bridgehead atoms. The molecule has 3 amide bonds. The SMILES string of the molecule is C=C1c2ccccc2C(=O)N1CC(=O)N1CCCC(C(=O)Nc2ccc(Br)cn2)C1. The van der Waals surface area contributed by atoms with Crippen molar-refractivity contribution >= 4 is 45.2 Å². The average Bonchev–Trinajstić information content (AvgIpc) is 3.00. The average molecular weight is 469 g/mol. The summed E-state index contributed by atoms with van der Waals surface area (Å²) in [7, 11) is 0. The summed E-state index contributed by atoms with van der Waals surface area (Å²) in [6.07, 6.45) is 3.05. The van der Waals surface area contributed by atoms with E-state index in [0.717, 1.165) is 16.5 Å². The van der Waals surface area contributed by atoms with Crippen LogP contribution in [0.5, 0.6) is 0 Å². The van der Waals surface area contributed by atoms with Crippen LogP contribution in [0.3, 0.4) is 0 Å². The Kier molecular flexibility index (Phi) is 5.67. The molecule has 2 aliphatic rings. The molecular weight excluding hydrogens is 448 g/mol. The van der Waals surface area contributed by atoms with Gasteiger partial charge in [-0.15, -0.1) is 0 Å². The first-order chi connectivity index (χ1) is 14.4. The fourth-order valence-corrected chi connectivity index (χ4v) is 4.07. The van der Waals surface area contributed by atoms with E-state index in [9.17, 15) is 14.4 Å². The number of pyridine rings is 1. The lowest BCUT2D eigenvalue weighted by Gasteiger charge is -2.33. The minimum absolute atomic E-state index is 0.0745. The Hall–Kier alpha value is -3.00. The Labute approximate surface area is 182 Å². The van der Waals surface area contributed by atoms with Gasteiger partial charge in [0.05, 0.1) is 5.92 Å². The molecule has 0 spiro atoms. The third-order valence-corrected chi connectivity index (χ3v) is 5.93. The molecule has 1 saturated heterocycles. The lowest BCUT2D eigenvalue weighted by molar-refractivity contribution is -0.134. The minimum Gasteiger partial charge on any atom is -0.340 e. The van der Waals surface area contributed by atoms with E-state index in [-0.39, 0.29) is 30.2 Å². The molecule has 8 heteroatoms. The van der Waals surface area contributed by atoms with Crippen LogP contribution in [0.4, 0.5) is 5.82 Å². The smallest absolute Gasteiger partial charge is 0.259 e. The summed E-state index contributed by atoms with van der Waals surface area (Å²) >= 11 is 3.31. The summed E-state index contributed by atoms with van der Waals surface area (Å²) in [5.41, 5.74) is 1.86. The number of rotatable bonds is 4. The van der Waals surface area contributed by atoms with E-state index in [2.05, 4.69) is 32.8 Å². The minimum atomic E-state index is -0.317. The third-order valence-electron chi connectivity index (χ3n) is 5.46. The molecule has 0 saturated carbocycles. The van der Waals surface area contributed by atoms with Crippen LogP contribution < -0.4 is 5.32 Å². The summed E-state index contributed by atoms with van der Waals surface area (Å²) in [6.45, 7) is 4.80. The number of carbonyl (C=O) groups excluding carboxylic acids is 3. The molecule has 1 unspecified atom stereocenters. The summed E-state index contributed by atoms with van der Waals surface area (Å²) in [6, 6.07) is 10.7. The molecular formula is C22H21BrN4O3. The normalized spacial score (nSPS) is 18.4. The van der Waals surface area contributed by atoms with Crippen LogP contribution in [0.1, 0.15) is 28.8 Å². The van der Waals surface area contributed by atoms with E-state index < -0.39 is 0 Å². The quantitative estimate of drug-likeness (QED) is 0.746. The van der Waals surface area contributed by atoms with Gasteiger partial charge in [0.15, 0.2) is 0 Å². The number of piperidine rings is 1. The monoisotopic (exact) mass is 468 g/mol. The molecule has 7 nitrogen and oxygen atoms in total. The predicted octanol–water partition coefficient (Wildman–Crippen LogP) is 3.15. The van der Waals surface area contributed by atoms with Crippen LogP contribution in [0.2, 0.25) is 0 Å². The summed E-state index contributed by atoms with van der Waals surface area (Å²) in [4.78, 5) is 45.4. The van der Waals surface area contributed by atoms with Crippen LogP contribution >= 0.6 is 15.9 Å². The molecule has 2 aliphatic heterocycles. The van der Waals surface area contributed by atoms with Crippen molar-refractivity contribution in [3.8, 4) is 0 Å². The fourth-order valence-electron chi connectivity index (χ4n) is 3.83. The van der Waals surface area contributed by atoms with Crippen molar-refractivity contribution in [3.63, 3.8) is 0 Å². The Morgan fingerprint density at radius 2 is 1.97 bits per heavy atom. The fraction of sp³-hybridized carbons (Fsp3) is 0.273. The van der Waals surface area contributed by atoms with Crippen molar-refractivity contribution in [1.82, 2.24) is 14.8 Å². The number of nitrogens with zero attached hydrogens (tertiary/aromatic N) is 3. The topological polar surface area (TPSA) is 82.6 Å². The number of hydrogen-bond donors (Lipinski definition) is 1. The van der Waals surface area contributed by atoms with Gasteiger partial charge in [0, 0.05) is 40.6 Å². The largest absolute Gasteiger partial charge is 0.340 e.